The van der Waals surface area contributed by atoms with E-state index in [1.807, 2.05) is 4.68 Å². The van der Waals surface area contributed by atoms with Crippen LogP contribution in [0.4, 0.5) is 0 Å². The van der Waals surface area contributed by atoms with Gasteiger partial charge in [-0.2, -0.15) is 28.6 Å². The van der Waals surface area contributed by atoms with E-state index in [1.54, 1.807) is 6.33 Å². The van der Waals surface area contributed by atoms with Crippen molar-refractivity contribution >= 4 is 23.5 Å². The van der Waals surface area contributed by atoms with Crippen LogP contribution in [0.2, 0.25) is 0 Å². The number of hydrogen-bond acceptors (Lipinski definition) is 5. The number of rotatable bonds is 5. The van der Waals surface area contributed by atoms with Crippen LogP contribution >= 0.6 is 23.5 Å². The summed E-state index contributed by atoms with van der Waals surface area (Å²) in [5.74, 6) is 4.90. The zero-order valence-corrected chi connectivity index (χ0v) is 12.9. The summed E-state index contributed by atoms with van der Waals surface area (Å²) in [5, 5.41) is 8.46. The molecule has 2 atom stereocenters. The Labute approximate surface area is 118 Å². The molecule has 2 heterocycles. The van der Waals surface area contributed by atoms with Gasteiger partial charge in [0.25, 0.3) is 0 Å². The Hall–Kier alpha value is -0.200. The van der Waals surface area contributed by atoms with E-state index in [0.29, 0.717) is 17.3 Å². The van der Waals surface area contributed by atoms with E-state index in [2.05, 4.69) is 59.8 Å². The first kappa shape index (κ1) is 14.2. The third kappa shape index (κ3) is 3.42. The average molecular weight is 286 g/mol. The molecule has 102 valence electrons. The number of likely N-dealkylation sites (N-methyl/N-ethyl adjacent to an activating group) is 1. The van der Waals surface area contributed by atoms with Crippen LogP contribution in [0.25, 0.3) is 0 Å². The molecule has 0 amide bonds. The largest absolute Gasteiger partial charge is 0.315 e. The van der Waals surface area contributed by atoms with Gasteiger partial charge in [0, 0.05) is 41.0 Å². The first-order valence-electron chi connectivity index (χ1n) is 6.47. The van der Waals surface area contributed by atoms with E-state index in [9.17, 15) is 0 Å². The summed E-state index contributed by atoms with van der Waals surface area (Å²) in [6, 6.07) is 0.873. The lowest BCUT2D eigenvalue weighted by Gasteiger charge is -2.29. The van der Waals surface area contributed by atoms with E-state index in [1.165, 1.54) is 17.3 Å². The molecule has 4 nitrogen and oxygen atoms in total. The van der Waals surface area contributed by atoms with E-state index in [-0.39, 0.29) is 0 Å². The van der Waals surface area contributed by atoms with E-state index >= 15 is 0 Å². The summed E-state index contributed by atoms with van der Waals surface area (Å²) in [6.07, 6.45) is 2.64. The minimum atomic E-state index is 0.383. The van der Waals surface area contributed by atoms with Gasteiger partial charge in [-0.25, -0.2) is 9.67 Å². The third-order valence-corrected chi connectivity index (χ3v) is 6.12. The molecule has 6 heteroatoms. The maximum atomic E-state index is 4.42. The van der Waals surface area contributed by atoms with Crippen molar-refractivity contribution in [3.05, 3.63) is 12.2 Å². The molecule has 1 aromatic rings. The van der Waals surface area contributed by atoms with Crippen LogP contribution < -0.4 is 5.32 Å². The molecular weight excluding hydrogens is 264 g/mol. The molecule has 0 saturated carbocycles. The van der Waals surface area contributed by atoms with Gasteiger partial charge in [-0.1, -0.05) is 0 Å². The first-order valence-corrected chi connectivity index (χ1v) is 8.67. The molecule has 0 radical (unpaired) electrons. The summed E-state index contributed by atoms with van der Waals surface area (Å²) in [4.78, 5) is 4.42. The Morgan fingerprint density at radius 1 is 1.50 bits per heavy atom. The number of thioether (sulfide) groups is 2. The molecule has 0 aromatic carbocycles. The Balaban J connectivity index is 2.02. The van der Waals surface area contributed by atoms with Gasteiger partial charge in [-0.15, -0.1) is 0 Å². The van der Waals surface area contributed by atoms with Gasteiger partial charge in [0.1, 0.15) is 12.2 Å². The molecule has 1 aliphatic heterocycles. The fourth-order valence-corrected chi connectivity index (χ4v) is 5.13. The Kier molecular flexibility index (Phi) is 5.38. The highest BCUT2D eigenvalue weighted by Crippen LogP contribution is 2.27. The van der Waals surface area contributed by atoms with Crippen molar-refractivity contribution in [3.63, 3.8) is 0 Å². The van der Waals surface area contributed by atoms with Gasteiger partial charge >= 0.3 is 0 Å². The molecule has 18 heavy (non-hydrogen) atoms. The van der Waals surface area contributed by atoms with Gasteiger partial charge in [-0.3, -0.25) is 0 Å². The van der Waals surface area contributed by atoms with E-state index < -0.39 is 0 Å². The van der Waals surface area contributed by atoms with Gasteiger partial charge in [-0.05, 0) is 20.9 Å². The monoisotopic (exact) mass is 286 g/mol. The van der Waals surface area contributed by atoms with Crippen molar-refractivity contribution in [1.82, 2.24) is 20.1 Å². The quantitative estimate of drug-likeness (QED) is 0.894. The molecule has 0 spiro atoms. The average Bonchev–Trinajstić information content (AvgIpc) is 2.85. The van der Waals surface area contributed by atoms with E-state index in [0.717, 1.165) is 12.2 Å². The van der Waals surface area contributed by atoms with E-state index in [4.69, 9.17) is 0 Å². The lowest BCUT2D eigenvalue weighted by Crippen LogP contribution is -2.41. The van der Waals surface area contributed by atoms with Crippen LogP contribution in [0.15, 0.2) is 6.33 Å². The number of nitrogens with zero attached hydrogens (tertiary/aromatic N) is 3. The molecule has 1 aromatic heterocycles. The summed E-state index contributed by atoms with van der Waals surface area (Å²) in [5.41, 5.74) is 0. The smallest absolute Gasteiger partial charge is 0.138 e. The van der Waals surface area contributed by atoms with Gasteiger partial charge in [0.05, 0.1) is 0 Å². The molecule has 2 rings (SSSR count). The highest BCUT2D eigenvalue weighted by molar-refractivity contribution is 8.06. The second-order valence-corrected chi connectivity index (χ2v) is 7.29. The molecule has 1 fully saturated rings. The van der Waals surface area contributed by atoms with Crippen LogP contribution in [0, 0.1) is 0 Å². The van der Waals surface area contributed by atoms with Crippen molar-refractivity contribution in [3.8, 4) is 0 Å². The standard InChI is InChI=1S/C12H22N4S2/c1-9(2)16-12(14-8-15-16)6-10(13-3)11-7-17-4-5-18-11/h8-11,13H,4-7H2,1-3H3. The highest BCUT2D eigenvalue weighted by atomic mass is 32.2. The van der Waals surface area contributed by atoms with Crippen molar-refractivity contribution in [2.45, 2.75) is 37.6 Å². The number of aromatic nitrogens is 3. The molecule has 0 aliphatic carbocycles. The van der Waals surface area contributed by atoms with Gasteiger partial charge in [0.2, 0.25) is 0 Å². The molecule has 1 saturated heterocycles. The van der Waals surface area contributed by atoms with Crippen LogP contribution in [0.5, 0.6) is 0 Å². The molecule has 0 bridgehead atoms. The Morgan fingerprint density at radius 3 is 2.94 bits per heavy atom. The normalized spacial score (nSPS) is 22.3. The summed E-state index contributed by atoms with van der Waals surface area (Å²) in [7, 11) is 2.06. The highest BCUT2D eigenvalue weighted by Gasteiger charge is 2.25. The maximum absolute atomic E-state index is 4.42. The van der Waals surface area contributed by atoms with Crippen LogP contribution in [0.1, 0.15) is 25.7 Å². The molecule has 1 N–H and O–H groups in total. The zero-order valence-electron chi connectivity index (χ0n) is 11.3. The fraction of sp³-hybridized carbons (Fsp3) is 0.833. The van der Waals surface area contributed by atoms with Crippen molar-refractivity contribution in [2.24, 2.45) is 0 Å². The number of hydrogen-bond donors (Lipinski definition) is 1. The molecular formula is C12H22N4S2. The predicted octanol–water partition coefficient (Wildman–Crippen LogP) is 1.84. The lowest BCUT2D eigenvalue weighted by molar-refractivity contribution is 0.470. The summed E-state index contributed by atoms with van der Waals surface area (Å²) >= 11 is 4.16. The SMILES string of the molecule is CNC(Cc1ncnn1C(C)C)C1CSCCS1. The zero-order chi connectivity index (χ0) is 13.0. The number of nitrogens with one attached hydrogen (secondary N) is 1. The third-order valence-electron chi connectivity index (χ3n) is 3.20. The Morgan fingerprint density at radius 2 is 2.33 bits per heavy atom. The van der Waals surface area contributed by atoms with Gasteiger partial charge < -0.3 is 5.32 Å². The summed E-state index contributed by atoms with van der Waals surface area (Å²) in [6.45, 7) is 4.30. The fourth-order valence-electron chi connectivity index (χ4n) is 2.21. The van der Waals surface area contributed by atoms with Crippen molar-refractivity contribution in [2.75, 3.05) is 24.3 Å². The van der Waals surface area contributed by atoms with Crippen molar-refractivity contribution in [1.29, 1.82) is 0 Å². The lowest BCUT2D eigenvalue weighted by atomic mass is 10.1. The minimum absolute atomic E-state index is 0.383. The second kappa shape index (κ2) is 6.82. The van der Waals surface area contributed by atoms with Crippen LogP contribution in [-0.2, 0) is 6.42 Å². The molecule has 2 unspecified atom stereocenters. The minimum Gasteiger partial charge on any atom is -0.315 e. The van der Waals surface area contributed by atoms with Crippen LogP contribution in [0.3, 0.4) is 0 Å². The summed E-state index contributed by atoms with van der Waals surface area (Å²) < 4.78 is 2.03. The second-order valence-electron chi connectivity index (χ2n) is 4.80. The first-order chi connectivity index (χ1) is 8.72. The molecule has 1 aliphatic rings. The van der Waals surface area contributed by atoms with Crippen molar-refractivity contribution < 1.29 is 0 Å². The topological polar surface area (TPSA) is 42.7 Å². The Bertz CT molecular complexity index is 361. The van der Waals surface area contributed by atoms with Gasteiger partial charge in [0.15, 0.2) is 0 Å². The maximum Gasteiger partial charge on any atom is 0.138 e. The van der Waals surface area contributed by atoms with Crippen LogP contribution in [-0.4, -0.2) is 50.4 Å². The predicted molar refractivity (Wildman–Crippen MR) is 80.5 cm³/mol.